The van der Waals surface area contributed by atoms with Crippen LogP contribution in [0, 0.1) is 5.82 Å². The molecule has 0 aliphatic carbocycles. The van der Waals surface area contributed by atoms with Gasteiger partial charge in [0.25, 0.3) is 0 Å². The predicted octanol–water partition coefficient (Wildman–Crippen LogP) is 4.45. The molecule has 28 heavy (non-hydrogen) atoms. The quantitative estimate of drug-likeness (QED) is 0.619. The molecular formula is C20H20Cl2FNO4. The molecule has 0 bridgehead atoms. The molecular weight excluding hydrogens is 408 g/mol. The van der Waals surface area contributed by atoms with Crippen molar-refractivity contribution in [2.75, 3.05) is 13.7 Å². The highest BCUT2D eigenvalue weighted by Crippen LogP contribution is 2.30. The van der Waals surface area contributed by atoms with Gasteiger partial charge in [-0.2, -0.15) is 0 Å². The van der Waals surface area contributed by atoms with Gasteiger partial charge in [-0.1, -0.05) is 35.3 Å². The van der Waals surface area contributed by atoms with Gasteiger partial charge in [-0.25, -0.2) is 4.39 Å². The van der Waals surface area contributed by atoms with Gasteiger partial charge in [0.2, 0.25) is 5.91 Å². The average molecular weight is 428 g/mol. The number of benzene rings is 2. The van der Waals surface area contributed by atoms with Gasteiger partial charge < -0.3 is 15.2 Å². The number of nitrogens with one attached hydrogen (secondary N) is 1. The van der Waals surface area contributed by atoms with Crippen LogP contribution >= 0.6 is 23.2 Å². The van der Waals surface area contributed by atoms with Crippen LogP contribution in [0.4, 0.5) is 4.39 Å². The minimum atomic E-state index is -1.02. The number of carbonyl (C=O) groups is 2. The van der Waals surface area contributed by atoms with E-state index in [1.54, 1.807) is 24.3 Å². The largest absolute Gasteiger partial charge is 0.494 e. The zero-order valence-electron chi connectivity index (χ0n) is 15.2. The summed E-state index contributed by atoms with van der Waals surface area (Å²) >= 11 is 11.9. The van der Waals surface area contributed by atoms with Crippen LogP contribution in [0.15, 0.2) is 36.4 Å². The summed E-state index contributed by atoms with van der Waals surface area (Å²) < 4.78 is 18.6. The van der Waals surface area contributed by atoms with E-state index in [1.165, 1.54) is 19.2 Å². The second-order valence-corrected chi connectivity index (χ2v) is 7.06. The number of ether oxygens (including phenoxy) is 1. The van der Waals surface area contributed by atoms with Gasteiger partial charge in [-0.15, -0.1) is 0 Å². The highest BCUT2D eigenvalue weighted by Gasteiger charge is 2.20. The van der Waals surface area contributed by atoms with E-state index >= 15 is 0 Å². The molecule has 0 spiro atoms. The van der Waals surface area contributed by atoms with Crippen LogP contribution in [0.1, 0.15) is 29.9 Å². The van der Waals surface area contributed by atoms with Crippen LogP contribution < -0.4 is 10.1 Å². The Morgan fingerprint density at radius 1 is 1.14 bits per heavy atom. The van der Waals surface area contributed by atoms with E-state index in [4.69, 9.17) is 33.0 Å². The lowest BCUT2D eigenvalue weighted by atomic mass is 9.92. The Labute approximate surface area is 172 Å². The van der Waals surface area contributed by atoms with Gasteiger partial charge in [-0.05, 0) is 41.8 Å². The minimum absolute atomic E-state index is 0.0127. The van der Waals surface area contributed by atoms with Crippen LogP contribution in [-0.2, 0) is 16.0 Å². The number of hydrogen-bond donors (Lipinski definition) is 2. The molecule has 150 valence electrons. The van der Waals surface area contributed by atoms with Gasteiger partial charge in [0, 0.05) is 18.9 Å². The first-order valence-electron chi connectivity index (χ1n) is 8.56. The maximum Gasteiger partial charge on any atom is 0.303 e. The first-order chi connectivity index (χ1) is 13.3. The molecule has 0 aliphatic rings. The maximum atomic E-state index is 13.7. The second kappa shape index (κ2) is 10.3. The Balaban J connectivity index is 1.94. The Morgan fingerprint density at radius 3 is 2.50 bits per heavy atom. The number of methoxy groups -OCH3 is 1. The third-order valence-electron chi connectivity index (χ3n) is 4.22. The molecule has 1 atom stereocenters. The number of hydrogen-bond acceptors (Lipinski definition) is 3. The van der Waals surface area contributed by atoms with Crippen molar-refractivity contribution >= 4 is 35.1 Å². The molecule has 5 nitrogen and oxygen atoms in total. The molecule has 2 aromatic rings. The third kappa shape index (κ3) is 6.39. The van der Waals surface area contributed by atoms with Crippen LogP contribution in [-0.4, -0.2) is 30.6 Å². The van der Waals surface area contributed by atoms with E-state index in [0.29, 0.717) is 34.1 Å². The van der Waals surface area contributed by atoms with Crippen molar-refractivity contribution < 1.29 is 23.8 Å². The van der Waals surface area contributed by atoms with E-state index in [1.807, 2.05) is 0 Å². The molecule has 2 aromatic carbocycles. The Bertz CT molecular complexity index is 860. The summed E-state index contributed by atoms with van der Waals surface area (Å²) in [5.74, 6) is -2.16. The summed E-state index contributed by atoms with van der Waals surface area (Å²) in [5.41, 5.74) is 1.34. The van der Waals surface area contributed by atoms with Gasteiger partial charge >= 0.3 is 5.97 Å². The molecule has 0 saturated heterocycles. The zero-order valence-corrected chi connectivity index (χ0v) is 16.7. The Hall–Kier alpha value is -2.31. The maximum absolute atomic E-state index is 13.7. The number of carboxylic acid groups (broad SMARTS) is 1. The van der Waals surface area contributed by atoms with E-state index in [2.05, 4.69) is 5.32 Å². The highest BCUT2D eigenvalue weighted by atomic mass is 35.5. The molecule has 0 heterocycles. The average Bonchev–Trinajstić information content (AvgIpc) is 2.63. The van der Waals surface area contributed by atoms with Crippen LogP contribution in [0.3, 0.4) is 0 Å². The minimum Gasteiger partial charge on any atom is -0.494 e. The van der Waals surface area contributed by atoms with E-state index in [-0.39, 0.29) is 24.5 Å². The van der Waals surface area contributed by atoms with Gasteiger partial charge in [0.05, 0.1) is 23.6 Å². The lowest BCUT2D eigenvalue weighted by molar-refractivity contribution is -0.137. The number of aliphatic carboxylic acids is 1. The van der Waals surface area contributed by atoms with Crippen LogP contribution in [0.2, 0.25) is 10.0 Å². The van der Waals surface area contributed by atoms with E-state index < -0.39 is 17.7 Å². The standard InChI is InChI=1S/C20H20Cl2FNO4/c1-28-18-5-2-12(8-17(18)23)6-7-24-19(25)10-14(11-20(26)27)13-3-4-15(21)16(22)9-13/h2-5,8-9,14H,6-7,10-11H2,1H3,(H,24,25)(H,26,27). The molecule has 1 unspecified atom stereocenters. The summed E-state index contributed by atoms with van der Waals surface area (Å²) in [6, 6.07) is 9.41. The molecule has 2 rings (SSSR count). The van der Waals surface area contributed by atoms with Crippen molar-refractivity contribution in [3.8, 4) is 5.75 Å². The predicted molar refractivity (Wildman–Crippen MR) is 106 cm³/mol. The van der Waals surface area contributed by atoms with Crippen molar-refractivity contribution in [2.45, 2.75) is 25.2 Å². The first-order valence-corrected chi connectivity index (χ1v) is 9.31. The SMILES string of the molecule is COc1ccc(CCNC(=O)CC(CC(=O)O)c2ccc(Cl)c(Cl)c2)cc1F. The lowest BCUT2D eigenvalue weighted by Crippen LogP contribution is -2.27. The van der Waals surface area contributed by atoms with Crippen molar-refractivity contribution in [1.29, 1.82) is 0 Å². The number of carbonyl (C=O) groups excluding carboxylic acids is 1. The van der Waals surface area contributed by atoms with Gasteiger partial charge in [0.15, 0.2) is 11.6 Å². The lowest BCUT2D eigenvalue weighted by Gasteiger charge is -2.16. The van der Waals surface area contributed by atoms with Gasteiger partial charge in [0.1, 0.15) is 0 Å². The second-order valence-electron chi connectivity index (χ2n) is 6.24. The number of amides is 1. The molecule has 0 fully saturated rings. The monoisotopic (exact) mass is 427 g/mol. The summed E-state index contributed by atoms with van der Waals surface area (Å²) in [4.78, 5) is 23.4. The Kier molecular flexibility index (Phi) is 8.08. The highest BCUT2D eigenvalue weighted by molar-refractivity contribution is 6.42. The topological polar surface area (TPSA) is 75.6 Å². The van der Waals surface area contributed by atoms with Crippen molar-refractivity contribution in [3.63, 3.8) is 0 Å². The smallest absolute Gasteiger partial charge is 0.303 e. The molecule has 1 amide bonds. The molecule has 0 saturated carbocycles. The number of halogens is 3. The fourth-order valence-electron chi connectivity index (χ4n) is 2.79. The van der Waals surface area contributed by atoms with Crippen molar-refractivity contribution in [2.24, 2.45) is 0 Å². The number of carboxylic acids is 1. The summed E-state index contributed by atoms with van der Waals surface area (Å²) in [6.07, 6.45) is 0.208. The van der Waals surface area contributed by atoms with Crippen LogP contribution in [0.25, 0.3) is 0 Å². The molecule has 0 aromatic heterocycles. The third-order valence-corrected chi connectivity index (χ3v) is 4.96. The first kappa shape index (κ1) is 22.0. The zero-order chi connectivity index (χ0) is 20.7. The van der Waals surface area contributed by atoms with Crippen molar-refractivity contribution in [3.05, 3.63) is 63.4 Å². The summed E-state index contributed by atoms with van der Waals surface area (Å²) in [7, 11) is 1.39. The van der Waals surface area contributed by atoms with E-state index in [9.17, 15) is 14.0 Å². The molecule has 0 aliphatic heterocycles. The summed E-state index contributed by atoms with van der Waals surface area (Å²) in [5, 5.41) is 12.5. The molecule has 2 N–H and O–H groups in total. The van der Waals surface area contributed by atoms with Gasteiger partial charge in [-0.3, -0.25) is 9.59 Å². The van der Waals surface area contributed by atoms with E-state index in [0.717, 1.165) is 0 Å². The Morgan fingerprint density at radius 2 is 1.89 bits per heavy atom. The fourth-order valence-corrected chi connectivity index (χ4v) is 3.10. The normalized spacial score (nSPS) is 11.7. The molecule has 0 radical (unpaired) electrons. The summed E-state index contributed by atoms with van der Waals surface area (Å²) in [6.45, 7) is 0.297. The van der Waals surface area contributed by atoms with Crippen LogP contribution in [0.5, 0.6) is 5.75 Å². The fraction of sp³-hybridized carbons (Fsp3) is 0.300. The molecule has 8 heteroatoms. The van der Waals surface area contributed by atoms with Crippen molar-refractivity contribution in [1.82, 2.24) is 5.32 Å². The number of rotatable bonds is 9.